The maximum Gasteiger partial charge on any atom is 0.338 e. The first-order chi connectivity index (χ1) is 22.8. The van der Waals surface area contributed by atoms with Crippen LogP contribution in [-0.2, 0) is 28.4 Å². The summed E-state index contributed by atoms with van der Waals surface area (Å²) in [7, 11) is 6.95. The standard InChI is InChI=1S/C34H24I2O12/c1-43-29(37)21-11-17(7-9-19-13-23(31(39)45-3)25(15-27(19)35)33(41)47-5)18(12-22(21)30(38)44-2)8-10-20-14-24(32(40)46-4)26(16-28(20)36)34(42)48-6/h11-16H,1-6H3. The third kappa shape index (κ3) is 8.31. The summed E-state index contributed by atoms with van der Waals surface area (Å²) in [5.41, 5.74) is 0.416. The third-order valence-electron chi connectivity index (χ3n) is 6.47. The summed E-state index contributed by atoms with van der Waals surface area (Å²) in [4.78, 5) is 75.0. The van der Waals surface area contributed by atoms with E-state index in [4.69, 9.17) is 28.4 Å². The molecule has 12 nitrogen and oxygen atoms in total. The van der Waals surface area contributed by atoms with E-state index in [1.165, 1.54) is 50.6 Å². The Balaban J connectivity index is 2.35. The van der Waals surface area contributed by atoms with Gasteiger partial charge in [0.2, 0.25) is 0 Å². The van der Waals surface area contributed by atoms with Gasteiger partial charge in [-0.05, 0) is 81.6 Å². The predicted octanol–water partition coefficient (Wildman–Crippen LogP) is 4.42. The Kier molecular flexibility index (Phi) is 13.1. The second kappa shape index (κ2) is 16.8. The first kappa shape index (κ1) is 37.5. The number of rotatable bonds is 6. The molecule has 48 heavy (non-hydrogen) atoms. The molecule has 0 fully saturated rings. The summed E-state index contributed by atoms with van der Waals surface area (Å²) in [6.45, 7) is 0. The van der Waals surface area contributed by atoms with Gasteiger partial charge in [0.1, 0.15) is 0 Å². The van der Waals surface area contributed by atoms with Gasteiger partial charge in [0.15, 0.2) is 0 Å². The molecule has 3 rings (SSSR count). The summed E-state index contributed by atoms with van der Waals surface area (Å²) in [5.74, 6) is 6.88. The van der Waals surface area contributed by atoms with Gasteiger partial charge in [-0.15, -0.1) is 0 Å². The number of ether oxygens (including phenoxy) is 6. The smallest absolute Gasteiger partial charge is 0.338 e. The molecule has 0 aromatic heterocycles. The molecule has 3 aromatic carbocycles. The minimum absolute atomic E-state index is 0.0274. The van der Waals surface area contributed by atoms with Crippen molar-refractivity contribution in [2.24, 2.45) is 0 Å². The monoisotopic (exact) mass is 878 g/mol. The van der Waals surface area contributed by atoms with Gasteiger partial charge in [-0.2, -0.15) is 0 Å². The van der Waals surface area contributed by atoms with Crippen LogP contribution in [0.3, 0.4) is 0 Å². The number of halogens is 2. The summed E-state index contributed by atoms with van der Waals surface area (Å²) >= 11 is 3.87. The number of methoxy groups -OCH3 is 6. The molecule has 3 aromatic rings. The number of carbonyl (C=O) groups is 6. The van der Waals surface area contributed by atoms with Gasteiger partial charge in [0, 0.05) is 29.4 Å². The normalized spacial score (nSPS) is 9.83. The van der Waals surface area contributed by atoms with Crippen LogP contribution >= 0.6 is 45.2 Å². The molecular weight excluding hydrogens is 854 g/mol. The second-order valence-electron chi connectivity index (χ2n) is 9.15. The van der Waals surface area contributed by atoms with Crippen molar-refractivity contribution >= 4 is 81.0 Å². The molecule has 0 heterocycles. The lowest BCUT2D eigenvalue weighted by Gasteiger charge is -2.10. The van der Waals surface area contributed by atoms with Crippen molar-refractivity contribution in [2.75, 3.05) is 42.7 Å². The van der Waals surface area contributed by atoms with Crippen LogP contribution in [0.5, 0.6) is 0 Å². The summed E-state index contributed by atoms with van der Waals surface area (Å²) < 4.78 is 29.9. The van der Waals surface area contributed by atoms with Crippen LogP contribution in [0.25, 0.3) is 0 Å². The van der Waals surface area contributed by atoms with Crippen molar-refractivity contribution in [2.45, 2.75) is 0 Å². The predicted molar refractivity (Wildman–Crippen MR) is 185 cm³/mol. The Morgan fingerprint density at radius 1 is 0.375 bits per heavy atom. The van der Waals surface area contributed by atoms with Crippen molar-refractivity contribution in [3.63, 3.8) is 0 Å². The van der Waals surface area contributed by atoms with E-state index in [0.29, 0.717) is 18.3 Å². The second-order valence-corrected chi connectivity index (χ2v) is 11.5. The molecule has 0 amide bonds. The molecule has 0 aliphatic carbocycles. The molecule has 0 aliphatic heterocycles. The number of hydrogen-bond donors (Lipinski definition) is 0. The molecule has 0 atom stereocenters. The molecule has 0 radical (unpaired) electrons. The van der Waals surface area contributed by atoms with Gasteiger partial charge in [0.25, 0.3) is 0 Å². The van der Waals surface area contributed by atoms with Crippen molar-refractivity contribution in [1.82, 2.24) is 0 Å². The minimum atomic E-state index is -0.849. The highest BCUT2D eigenvalue weighted by Gasteiger charge is 2.24. The van der Waals surface area contributed by atoms with Gasteiger partial charge in [0.05, 0.1) is 76.0 Å². The van der Waals surface area contributed by atoms with Crippen LogP contribution in [0, 0.1) is 30.8 Å². The van der Waals surface area contributed by atoms with E-state index >= 15 is 0 Å². The number of benzene rings is 3. The lowest BCUT2D eigenvalue weighted by molar-refractivity contribution is 0.0555. The zero-order valence-electron chi connectivity index (χ0n) is 26.1. The molecule has 0 aliphatic rings. The lowest BCUT2D eigenvalue weighted by atomic mass is 9.97. The zero-order valence-corrected chi connectivity index (χ0v) is 30.4. The fourth-order valence-electron chi connectivity index (χ4n) is 4.09. The zero-order chi connectivity index (χ0) is 35.7. The fourth-order valence-corrected chi connectivity index (χ4v) is 5.29. The Labute approximate surface area is 302 Å². The van der Waals surface area contributed by atoms with Gasteiger partial charge in [-0.3, -0.25) is 0 Å². The third-order valence-corrected chi connectivity index (χ3v) is 8.25. The highest BCUT2D eigenvalue weighted by Crippen LogP contribution is 2.24. The van der Waals surface area contributed by atoms with E-state index in [-0.39, 0.29) is 44.5 Å². The number of hydrogen-bond acceptors (Lipinski definition) is 12. The average molecular weight is 878 g/mol. The molecule has 0 N–H and O–H groups in total. The summed E-state index contributed by atoms with van der Waals surface area (Å²) in [6, 6.07) is 8.17. The van der Waals surface area contributed by atoms with Gasteiger partial charge < -0.3 is 28.4 Å². The average Bonchev–Trinajstić information content (AvgIpc) is 3.11. The molecular formula is C34H24I2O12. The Bertz CT molecular complexity index is 1850. The van der Waals surface area contributed by atoms with Crippen LogP contribution in [0.4, 0.5) is 0 Å². The van der Waals surface area contributed by atoms with Gasteiger partial charge >= 0.3 is 35.8 Å². The van der Waals surface area contributed by atoms with E-state index in [2.05, 4.69) is 23.7 Å². The maximum atomic E-state index is 12.7. The molecule has 0 saturated heterocycles. The van der Waals surface area contributed by atoms with E-state index in [0.717, 1.165) is 28.4 Å². The van der Waals surface area contributed by atoms with Crippen LogP contribution in [-0.4, -0.2) is 78.5 Å². The molecule has 0 bridgehead atoms. The number of carbonyl (C=O) groups excluding carboxylic acids is 6. The quantitative estimate of drug-likeness (QED) is 0.149. The highest BCUT2D eigenvalue weighted by atomic mass is 127. The summed E-state index contributed by atoms with van der Waals surface area (Å²) in [6.07, 6.45) is 0. The first-order valence-electron chi connectivity index (χ1n) is 13.2. The Morgan fingerprint density at radius 2 is 0.562 bits per heavy atom. The van der Waals surface area contributed by atoms with Crippen LogP contribution in [0.15, 0.2) is 36.4 Å². The Hall–Kier alpha value is -4.94. The Morgan fingerprint density at radius 3 is 0.792 bits per heavy atom. The molecule has 0 unspecified atom stereocenters. The minimum Gasteiger partial charge on any atom is -0.465 e. The highest BCUT2D eigenvalue weighted by molar-refractivity contribution is 14.1. The van der Waals surface area contributed by atoms with E-state index in [9.17, 15) is 28.8 Å². The van der Waals surface area contributed by atoms with Crippen molar-refractivity contribution in [3.05, 3.63) is 99.2 Å². The topological polar surface area (TPSA) is 158 Å². The largest absolute Gasteiger partial charge is 0.465 e. The van der Waals surface area contributed by atoms with Crippen LogP contribution < -0.4 is 0 Å². The fraction of sp³-hybridized carbons (Fsp3) is 0.176. The van der Waals surface area contributed by atoms with Crippen molar-refractivity contribution in [1.29, 1.82) is 0 Å². The summed E-state index contributed by atoms with van der Waals surface area (Å²) in [5, 5.41) is 0. The van der Waals surface area contributed by atoms with E-state index in [1.807, 2.05) is 45.2 Å². The van der Waals surface area contributed by atoms with Gasteiger partial charge in [-0.1, -0.05) is 23.7 Å². The molecule has 0 saturated carbocycles. The number of esters is 6. The maximum absolute atomic E-state index is 12.7. The lowest BCUT2D eigenvalue weighted by Crippen LogP contribution is -2.13. The molecule has 14 heteroatoms. The van der Waals surface area contributed by atoms with Crippen LogP contribution in [0.2, 0.25) is 0 Å². The van der Waals surface area contributed by atoms with Crippen molar-refractivity contribution < 1.29 is 57.2 Å². The first-order valence-corrected chi connectivity index (χ1v) is 15.4. The van der Waals surface area contributed by atoms with Crippen molar-refractivity contribution in [3.8, 4) is 23.7 Å². The SMILES string of the molecule is COC(=O)c1cc(I)c(C#Cc2cc(C(=O)OC)c(C(=O)OC)cc2C#Cc2cc(C(=O)OC)c(C(=O)OC)cc2I)cc1C(=O)OC. The van der Waals surface area contributed by atoms with E-state index in [1.54, 1.807) is 0 Å². The molecule has 246 valence electrons. The van der Waals surface area contributed by atoms with E-state index < -0.39 is 35.8 Å². The van der Waals surface area contributed by atoms with Gasteiger partial charge in [-0.25, -0.2) is 28.8 Å². The van der Waals surface area contributed by atoms with Crippen LogP contribution in [0.1, 0.15) is 84.4 Å². The molecule has 0 spiro atoms.